The van der Waals surface area contributed by atoms with Crippen LogP contribution in [0.1, 0.15) is 24.8 Å². The minimum Gasteiger partial charge on any atom is -0.481 e. The molecule has 1 saturated carbocycles. The average molecular weight is 337 g/mol. The maximum absolute atomic E-state index is 12.2. The fourth-order valence-electron chi connectivity index (χ4n) is 2.28. The number of hydrogen-bond donors (Lipinski definition) is 1. The first kappa shape index (κ1) is 15.6. The maximum Gasteiger partial charge on any atom is 0.303 e. The van der Waals surface area contributed by atoms with Crippen molar-refractivity contribution in [3.63, 3.8) is 0 Å². The van der Waals surface area contributed by atoms with Gasteiger partial charge in [-0.2, -0.15) is 0 Å². The van der Waals surface area contributed by atoms with Crippen LogP contribution >= 0.6 is 23.2 Å². The number of rotatable bonds is 6. The third-order valence-electron chi connectivity index (χ3n) is 3.44. The second-order valence-corrected chi connectivity index (χ2v) is 8.18. The van der Waals surface area contributed by atoms with E-state index in [9.17, 15) is 13.2 Å². The Morgan fingerprint density at radius 1 is 1.25 bits per heavy atom. The van der Waals surface area contributed by atoms with Gasteiger partial charge in [0, 0.05) is 15.6 Å². The number of aliphatic carboxylic acids is 1. The van der Waals surface area contributed by atoms with Gasteiger partial charge < -0.3 is 5.11 Å². The highest BCUT2D eigenvalue weighted by atomic mass is 35.5. The van der Waals surface area contributed by atoms with Crippen molar-refractivity contribution in [2.75, 3.05) is 5.75 Å². The molecule has 0 spiro atoms. The summed E-state index contributed by atoms with van der Waals surface area (Å²) in [4.78, 5) is 10.8. The van der Waals surface area contributed by atoms with Gasteiger partial charge >= 0.3 is 5.97 Å². The van der Waals surface area contributed by atoms with Crippen LogP contribution in [0.15, 0.2) is 18.2 Å². The molecule has 2 rings (SSSR count). The van der Waals surface area contributed by atoms with Gasteiger partial charge in [-0.25, -0.2) is 8.42 Å². The summed E-state index contributed by atoms with van der Waals surface area (Å²) in [5.74, 6) is -1.35. The van der Waals surface area contributed by atoms with Crippen LogP contribution < -0.4 is 0 Å². The van der Waals surface area contributed by atoms with E-state index < -0.39 is 21.2 Å². The van der Waals surface area contributed by atoms with Crippen molar-refractivity contribution in [2.45, 2.75) is 25.0 Å². The van der Waals surface area contributed by atoms with Crippen LogP contribution in [0.3, 0.4) is 0 Å². The molecule has 0 aliphatic heterocycles. The smallest absolute Gasteiger partial charge is 0.303 e. The highest BCUT2D eigenvalue weighted by molar-refractivity contribution is 7.90. The predicted molar refractivity (Wildman–Crippen MR) is 77.9 cm³/mol. The molecule has 1 fully saturated rings. The Morgan fingerprint density at radius 2 is 1.80 bits per heavy atom. The Balaban J connectivity index is 2.14. The van der Waals surface area contributed by atoms with Crippen molar-refractivity contribution >= 4 is 39.0 Å². The van der Waals surface area contributed by atoms with Crippen LogP contribution in [0.5, 0.6) is 0 Å². The fraction of sp³-hybridized carbons (Fsp3) is 0.462. The third-order valence-corrected chi connectivity index (χ3v) is 5.92. The van der Waals surface area contributed by atoms with Gasteiger partial charge in [0.1, 0.15) is 0 Å². The molecule has 20 heavy (non-hydrogen) atoms. The molecule has 1 N–H and O–H groups in total. The highest BCUT2D eigenvalue weighted by Gasteiger charge is 2.47. The van der Waals surface area contributed by atoms with Crippen LogP contribution in [-0.4, -0.2) is 25.2 Å². The molecule has 0 saturated heterocycles. The van der Waals surface area contributed by atoms with E-state index in [4.69, 9.17) is 28.3 Å². The topological polar surface area (TPSA) is 71.4 Å². The van der Waals surface area contributed by atoms with Crippen LogP contribution in [0.25, 0.3) is 0 Å². The van der Waals surface area contributed by atoms with Gasteiger partial charge in [-0.3, -0.25) is 4.79 Å². The summed E-state index contributed by atoms with van der Waals surface area (Å²) < 4.78 is 24.5. The summed E-state index contributed by atoms with van der Waals surface area (Å²) in [5.41, 5.74) is -0.222. The lowest BCUT2D eigenvalue weighted by Crippen LogP contribution is -2.21. The lowest BCUT2D eigenvalue weighted by Gasteiger charge is -2.14. The fourth-order valence-corrected chi connectivity index (χ4v) is 5.14. The summed E-state index contributed by atoms with van der Waals surface area (Å²) >= 11 is 11.9. The Hall–Kier alpha value is -0.780. The van der Waals surface area contributed by atoms with Crippen LogP contribution in [0.4, 0.5) is 0 Å². The van der Waals surface area contributed by atoms with Crippen LogP contribution in [-0.2, 0) is 20.4 Å². The molecule has 1 aliphatic rings. The lowest BCUT2D eigenvalue weighted by atomic mass is 10.1. The van der Waals surface area contributed by atoms with Gasteiger partial charge in [0.15, 0.2) is 9.84 Å². The summed E-state index contributed by atoms with van der Waals surface area (Å²) in [6.45, 7) is 0. The molecule has 1 aliphatic carbocycles. The molecule has 7 heteroatoms. The van der Waals surface area contributed by atoms with E-state index in [1.165, 1.54) is 0 Å². The normalized spacial score (nSPS) is 16.9. The highest BCUT2D eigenvalue weighted by Crippen LogP contribution is 2.50. The first-order chi connectivity index (χ1) is 9.23. The number of carboxylic acid groups (broad SMARTS) is 1. The standard InChI is InChI=1S/C13H14Cl2O4S/c14-10-2-1-3-11(15)9(10)7-20(18,19)8-13(4-5-13)6-12(16)17/h1-3H,4-8H2,(H,16,17). The second-order valence-electron chi connectivity index (χ2n) is 5.30. The number of benzene rings is 1. The van der Waals surface area contributed by atoms with E-state index in [1.807, 2.05) is 0 Å². The quantitative estimate of drug-likeness (QED) is 0.865. The van der Waals surface area contributed by atoms with Gasteiger partial charge in [-0.05, 0) is 30.4 Å². The van der Waals surface area contributed by atoms with Gasteiger partial charge in [-0.1, -0.05) is 29.3 Å². The van der Waals surface area contributed by atoms with E-state index >= 15 is 0 Å². The molecule has 0 unspecified atom stereocenters. The Kier molecular flexibility index (Phi) is 4.33. The number of carbonyl (C=O) groups is 1. The minimum absolute atomic E-state index is 0.109. The summed E-state index contributed by atoms with van der Waals surface area (Å²) in [7, 11) is -3.45. The molecule has 0 aromatic heterocycles. The van der Waals surface area contributed by atoms with Gasteiger partial charge in [0.05, 0.1) is 17.9 Å². The number of carboxylic acids is 1. The SMILES string of the molecule is O=C(O)CC1(CS(=O)(=O)Cc2c(Cl)cccc2Cl)CC1. The van der Waals surface area contributed by atoms with E-state index in [0.29, 0.717) is 28.5 Å². The molecule has 0 heterocycles. The zero-order chi connectivity index (χ0) is 15.0. The maximum atomic E-state index is 12.2. The van der Waals surface area contributed by atoms with E-state index in [1.54, 1.807) is 18.2 Å². The Labute approximate surface area is 127 Å². The molecule has 0 bridgehead atoms. The van der Waals surface area contributed by atoms with E-state index in [0.717, 1.165) is 0 Å². The molecule has 1 aromatic rings. The van der Waals surface area contributed by atoms with Crippen molar-refractivity contribution in [1.82, 2.24) is 0 Å². The molecular weight excluding hydrogens is 323 g/mol. The van der Waals surface area contributed by atoms with E-state index in [2.05, 4.69) is 0 Å². The van der Waals surface area contributed by atoms with Gasteiger partial charge in [0.25, 0.3) is 0 Å². The van der Waals surface area contributed by atoms with Gasteiger partial charge in [0.2, 0.25) is 0 Å². The summed E-state index contributed by atoms with van der Waals surface area (Å²) in [5, 5.41) is 9.45. The first-order valence-corrected chi connectivity index (χ1v) is 8.66. The predicted octanol–water partition coefficient (Wildman–Crippen LogP) is 3.16. The van der Waals surface area contributed by atoms with E-state index in [-0.39, 0.29) is 17.9 Å². The lowest BCUT2D eigenvalue weighted by molar-refractivity contribution is -0.138. The summed E-state index contributed by atoms with van der Waals surface area (Å²) in [6.07, 6.45) is 1.16. The summed E-state index contributed by atoms with van der Waals surface area (Å²) in [6, 6.07) is 4.82. The van der Waals surface area contributed by atoms with Crippen LogP contribution in [0.2, 0.25) is 10.0 Å². The monoisotopic (exact) mass is 336 g/mol. The third kappa shape index (κ3) is 3.87. The van der Waals surface area contributed by atoms with Crippen molar-refractivity contribution in [2.24, 2.45) is 5.41 Å². The molecule has 0 amide bonds. The molecule has 0 radical (unpaired) electrons. The second kappa shape index (κ2) is 5.54. The number of hydrogen-bond acceptors (Lipinski definition) is 3. The van der Waals surface area contributed by atoms with Crippen LogP contribution in [0, 0.1) is 5.41 Å². The largest absolute Gasteiger partial charge is 0.481 e. The number of sulfone groups is 1. The molecule has 4 nitrogen and oxygen atoms in total. The Morgan fingerprint density at radius 3 is 2.25 bits per heavy atom. The average Bonchev–Trinajstić information content (AvgIpc) is 3.01. The molecule has 1 aromatic carbocycles. The molecule has 110 valence electrons. The van der Waals surface area contributed by atoms with Gasteiger partial charge in [-0.15, -0.1) is 0 Å². The number of halogens is 2. The van der Waals surface area contributed by atoms with Crippen molar-refractivity contribution in [3.05, 3.63) is 33.8 Å². The molecular formula is C13H14Cl2O4S. The Bertz CT molecular complexity index is 616. The van der Waals surface area contributed by atoms with Crippen molar-refractivity contribution < 1.29 is 18.3 Å². The first-order valence-electron chi connectivity index (χ1n) is 6.08. The zero-order valence-electron chi connectivity index (χ0n) is 10.6. The molecule has 0 atom stereocenters. The zero-order valence-corrected chi connectivity index (χ0v) is 12.9. The van der Waals surface area contributed by atoms with Crippen molar-refractivity contribution in [3.8, 4) is 0 Å². The minimum atomic E-state index is -3.45. The van der Waals surface area contributed by atoms with Crippen molar-refractivity contribution in [1.29, 1.82) is 0 Å².